The zero-order valence-electron chi connectivity index (χ0n) is 15.6. The number of imidazole rings is 1. The van der Waals surface area contributed by atoms with Crippen molar-refractivity contribution in [3.05, 3.63) is 105 Å². The van der Waals surface area contributed by atoms with Crippen molar-refractivity contribution in [2.45, 2.75) is 13.0 Å². The van der Waals surface area contributed by atoms with Crippen LogP contribution < -0.4 is 5.32 Å². The van der Waals surface area contributed by atoms with E-state index < -0.39 is 11.0 Å². The van der Waals surface area contributed by atoms with Crippen molar-refractivity contribution in [1.29, 1.82) is 0 Å². The lowest BCUT2D eigenvalue weighted by Gasteiger charge is -2.20. The SMILES string of the molecule is Cc1ccc(C(=O)NC(c2ccccc2)c2ccc3nc[nH]c3c2)cc1[N+](=O)[O-]. The molecule has 0 saturated heterocycles. The first-order chi connectivity index (χ1) is 14.0. The maximum absolute atomic E-state index is 12.9. The van der Waals surface area contributed by atoms with Gasteiger partial charge in [0, 0.05) is 17.2 Å². The van der Waals surface area contributed by atoms with Crippen molar-refractivity contribution in [1.82, 2.24) is 15.3 Å². The molecule has 4 aromatic rings. The fraction of sp³-hybridized carbons (Fsp3) is 0.0909. The van der Waals surface area contributed by atoms with Crippen LogP contribution in [0.1, 0.15) is 33.1 Å². The molecule has 7 nitrogen and oxygen atoms in total. The Morgan fingerprint density at radius 3 is 2.62 bits per heavy atom. The van der Waals surface area contributed by atoms with Crippen LogP contribution in [0.2, 0.25) is 0 Å². The first kappa shape index (κ1) is 18.4. The molecule has 0 aliphatic carbocycles. The molecule has 0 aliphatic rings. The summed E-state index contributed by atoms with van der Waals surface area (Å²) >= 11 is 0. The van der Waals surface area contributed by atoms with Gasteiger partial charge in [-0.3, -0.25) is 14.9 Å². The topological polar surface area (TPSA) is 101 Å². The van der Waals surface area contributed by atoms with Crippen molar-refractivity contribution in [3.63, 3.8) is 0 Å². The van der Waals surface area contributed by atoms with Crippen molar-refractivity contribution in [2.24, 2.45) is 0 Å². The fourth-order valence-electron chi connectivity index (χ4n) is 3.30. The Bertz CT molecular complexity index is 1200. The predicted molar refractivity (Wildman–Crippen MR) is 110 cm³/mol. The number of aromatic amines is 1. The number of nitro benzene ring substituents is 1. The molecule has 1 aromatic heterocycles. The molecule has 29 heavy (non-hydrogen) atoms. The molecular weight excluding hydrogens is 368 g/mol. The van der Waals surface area contributed by atoms with E-state index in [2.05, 4.69) is 15.3 Å². The number of H-pyrrole nitrogens is 1. The van der Waals surface area contributed by atoms with Crippen molar-refractivity contribution >= 4 is 22.6 Å². The number of fused-ring (bicyclic) bond motifs is 1. The lowest BCUT2D eigenvalue weighted by atomic mass is 9.97. The van der Waals surface area contributed by atoms with Gasteiger partial charge in [-0.2, -0.15) is 0 Å². The lowest BCUT2D eigenvalue weighted by molar-refractivity contribution is -0.385. The van der Waals surface area contributed by atoms with E-state index in [1.165, 1.54) is 6.07 Å². The number of amides is 1. The van der Waals surface area contributed by atoms with Crippen LogP contribution in [-0.2, 0) is 0 Å². The highest BCUT2D eigenvalue weighted by Gasteiger charge is 2.21. The van der Waals surface area contributed by atoms with Gasteiger partial charge in [-0.05, 0) is 36.2 Å². The zero-order valence-corrected chi connectivity index (χ0v) is 15.6. The van der Waals surface area contributed by atoms with Crippen LogP contribution >= 0.6 is 0 Å². The monoisotopic (exact) mass is 386 g/mol. The molecular formula is C22H18N4O3. The first-order valence-electron chi connectivity index (χ1n) is 9.07. The van der Waals surface area contributed by atoms with Crippen molar-refractivity contribution < 1.29 is 9.72 Å². The largest absolute Gasteiger partial charge is 0.345 e. The van der Waals surface area contributed by atoms with Gasteiger partial charge in [0.1, 0.15) is 0 Å². The Balaban J connectivity index is 1.71. The van der Waals surface area contributed by atoms with Gasteiger partial charge in [0.15, 0.2) is 0 Å². The maximum Gasteiger partial charge on any atom is 0.273 e. The van der Waals surface area contributed by atoms with Crippen molar-refractivity contribution in [2.75, 3.05) is 0 Å². The minimum Gasteiger partial charge on any atom is -0.345 e. The Morgan fingerprint density at radius 1 is 1.07 bits per heavy atom. The number of nitrogens with zero attached hydrogens (tertiary/aromatic N) is 2. The summed E-state index contributed by atoms with van der Waals surface area (Å²) in [5.74, 6) is -0.383. The van der Waals surface area contributed by atoms with Crippen LogP contribution in [0, 0.1) is 17.0 Å². The molecule has 1 atom stereocenters. The molecule has 7 heteroatoms. The predicted octanol–water partition coefficient (Wildman–Crippen LogP) is 4.30. The van der Waals surface area contributed by atoms with Crippen LogP contribution in [-0.4, -0.2) is 20.8 Å². The maximum atomic E-state index is 12.9. The van der Waals surface area contributed by atoms with Gasteiger partial charge in [-0.15, -0.1) is 0 Å². The molecule has 3 aromatic carbocycles. The first-order valence-corrected chi connectivity index (χ1v) is 9.07. The van der Waals surface area contributed by atoms with Crippen LogP contribution in [0.5, 0.6) is 0 Å². The third kappa shape index (κ3) is 3.70. The number of hydrogen-bond acceptors (Lipinski definition) is 4. The number of benzene rings is 3. The second kappa shape index (κ2) is 7.55. The smallest absolute Gasteiger partial charge is 0.273 e. The van der Waals surface area contributed by atoms with Gasteiger partial charge in [0.2, 0.25) is 0 Å². The Morgan fingerprint density at radius 2 is 1.86 bits per heavy atom. The number of nitrogens with one attached hydrogen (secondary N) is 2. The normalized spacial score (nSPS) is 11.9. The minimum atomic E-state index is -0.479. The number of rotatable bonds is 5. The average molecular weight is 386 g/mol. The van der Waals surface area contributed by atoms with E-state index in [1.807, 2.05) is 48.5 Å². The highest BCUT2D eigenvalue weighted by molar-refractivity contribution is 5.95. The number of aryl methyl sites for hydroxylation is 1. The lowest BCUT2D eigenvalue weighted by Crippen LogP contribution is -2.29. The van der Waals surface area contributed by atoms with E-state index in [-0.39, 0.29) is 17.2 Å². The summed E-state index contributed by atoms with van der Waals surface area (Å²) in [6.07, 6.45) is 1.62. The van der Waals surface area contributed by atoms with Crippen LogP contribution in [0.25, 0.3) is 11.0 Å². The summed E-state index contributed by atoms with van der Waals surface area (Å²) in [6.45, 7) is 1.65. The Labute approximate surface area is 166 Å². The third-order valence-corrected chi connectivity index (χ3v) is 4.85. The molecule has 0 spiro atoms. The number of nitro groups is 1. The third-order valence-electron chi connectivity index (χ3n) is 4.85. The molecule has 0 saturated carbocycles. The van der Waals surface area contributed by atoms with E-state index in [0.717, 1.165) is 22.2 Å². The van der Waals surface area contributed by atoms with Crippen LogP contribution in [0.4, 0.5) is 5.69 Å². The van der Waals surface area contributed by atoms with E-state index in [0.29, 0.717) is 5.56 Å². The summed E-state index contributed by atoms with van der Waals surface area (Å²) in [7, 11) is 0. The fourth-order valence-corrected chi connectivity index (χ4v) is 3.30. The van der Waals surface area contributed by atoms with E-state index in [9.17, 15) is 14.9 Å². The van der Waals surface area contributed by atoms with Gasteiger partial charge in [0.25, 0.3) is 11.6 Å². The van der Waals surface area contributed by atoms with Crippen molar-refractivity contribution in [3.8, 4) is 0 Å². The summed E-state index contributed by atoms with van der Waals surface area (Å²) < 4.78 is 0. The number of carbonyl (C=O) groups is 1. The molecule has 0 radical (unpaired) electrons. The minimum absolute atomic E-state index is 0.0761. The molecule has 0 fully saturated rings. The van der Waals surface area contributed by atoms with E-state index in [1.54, 1.807) is 25.4 Å². The molecule has 144 valence electrons. The highest BCUT2D eigenvalue weighted by Crippen LogP contribution is 2.26. The second-order valence-corrected chi connectivity index (χ2v) is 6.75. The molecule has 0 bridgehead atoms. The summed E-state index contributed by atoms with van der Waals surface area (Å²) in [5, 5.41) is 14.2. The van der Waals surface area contributed by atoms with Gasteiger partial charge in [-0.1, -0.05) is 42.5 Å². The summed E-state index contributed by atoms with van der Waals surface area (Å²) in [6, 6.07) is 19.4. The molecule has 4 rings (SSSR count). The van der Waals surface area contributed by atoms with E-state index in [4.69, 9.17) is 0 Å². The molecule has 2 N–H and O–H groups in total. The van der Waals surface area contributed by atoms with Gasteiger partial charge in [0.05, 0.1) is 28.3 Å². The molecule has 0 aliphatic heterocycles. The molecule has 1 heterocycles. The Kier molecular flexibility index (Phi) is 4.78. The van der Waals surface area contributed by atoms with Gasteiger partial charge in [-0.25, -0.2) is 4.98 Å². The Hall–Kier alpha value is -4.00. The number of carbonyl (C=O) groups excluding carboxylic acids is 1. The van der Waals surface area contributed by atoms with Gasteiger partial charge >= 0.3 is 0 Å². The quantitative estimate of drug-likeness (QED) is 0.394. The number of aromatic nitrogens is 2. The van der Waals surface area contributed by atoms with Gasteiger partial charge < -0.3 is 10.3 Å². The van der Waals surface area contributed by atoms with Crippen LogP contribution in [0.3, 0.4) is 0 Å². The van der Waals surface area contributed by atoms with Crippen LogP contribution in [0.15, 0.2) is 73.1 Å². The standard InChI is InChI=1S/C22H18N4O3/c1-14-7-8-17(12-20(14)26(28)29)22(27)25-21(15-5-3-2-4-6-15)16-9-10-18-19(11-16)24-13-23-18/h2-13,21H,1H3,(H,23,24)(H,25,27). The molecule has 1 amide bonds. The van der Waals surface area contributed by atoms with E-state index >= 15 is 0 Å². The second-order valence-electron chi connectivity index (χ2n) is 6.75. The highest BCUT2D eigenvalue weighted by atomic mass is 16.6. The summed E-state index contributed by atoms with van der Waals surface area (Å²) in [4.78, 5) is 31.0. The average Bonchev–Trinajstić information content (AvgIpc) is 3.20. The summed E-state index contributed by atoms with van der Waals surface area (Å²) in [5.41, 5.74) is 4.16. The number of hydrogen-bond donors (Lipinski definition) is 2. The molecule has 1 unspecified atom stereocenters. The zero-order chi connectivity index (χ0) is 20.4.